The van der Waals surface area contributed by atoms with Crippen molar-refractivity contribution in [3.63, 3.8) is 0 Å². The van der Waals surface area contributed by atoms with Gasteiger partial charge in [0.15, 0.2) is 0 Å². The van der Waals surface area contributed by atoms with Crippen molar-refractivity contribution >= 4 is 15.9 Å². The van der Waals surface area contributed by atoms with Gasteiger partial charge >= 0.3 is 5.69 Å². The Bertz CT molecular complexity index is 1290. The monoisotopic (exact) mass is 456 g/mol. The summed E-state index contributed by atoms with van der Waals surface area (Å²) in [6.45, 7) is 4.41. The topological polar surface area (TPSA) is 110 Å². The van der Waals surface area contributed by atoms with Crippen LogP contribution >= 0.6 is 0 Å². The highest BCUT2D eigenvalue weighted by Gasteiger charge is 2.30. The minimum atomic E-state index is -3.63. The van der Waals surface area contributed by atoms with E-state index in [1.165, 1.54) is 4.31 Å². The molecule has 1 aliphatic heterocycles. The van der Waals surface area contributed by atoms with Gasteiger partial charge in [0.05, 0.1) is 10.6 Å². The quantitative estimate of drug-likeness (QED) is 0.555. The van der Waals surface area contributed by atoms with Crippen molar-refractivity contribution in [3.05, 3.63) is 70.1 Å². The SMILES string of the molecule is Cc1ccc(S(=O)(=O)N2CCN(C(=O)Cn3nnn(-c4ccccc4)c3=O)CC2)cc1C. The zero-order chi connectivity index (χ0) is 22.9. The van der Waals surface area contributed by atoms with Gasteiger partial charge in [-0.3, -0.25) is 4.79 Å². The van der Waals surface area contributed by atoms with Gasteiger partial charge < -0.3 is 4.90 Å². The number of piperazine rings is 1. The molecule has 2 aromatic carbocycles. The van der Waals surface area contributed by atoms with Crippen LogP contribution in [0.25, 0.3) is 5.69 Å². The summed E-state index contributed by atoms with van der Waals surface area (Å²) in [7, 11) is -3.63. The van der Waals surface area contributed by atoms with Crippen LogP contribution in [0.4, 0.5) is 0 Å². The molecule has 0 spiro atoms. The smallest absolute Gasteiger partial charge is 0.338 e. The Morgan fingerprint density at radius 1 is 0.938 bits per heavy atom. The van der Waals surface area contributed by atoms with E-state index in [9.17, 15) is 18.0 Å². The molecule has 1 fully saturated rings. The van der Waals surface area contributed by atoms with Crippen LogP contribution in [0.2, 0.25) is 0 Å². The van der Waals surface area contributed by atoms with Crippen molar-refractivity contribution in [2.24, 2.45) is 0 Å². The second kappa shape index (κ2) is 8.67. The zero-order valence-electron chi connectivity index (χ0n) is 17.9. The molecule has 11 heteroatoms. The summed E-state index contributed by atoms with van der Waals surface area (Å²) >= 11 is 0. The van der Waals surface area contributed by atoms with E-state index in [0.717, 1.165) is 20.5 Å². The van der Waals surface area contributed by atoms with E-state index < -0.39 is 15.7 Å². The zero-order valence-corrected chi connectivity index (χ0v) is 18.7. The van der Waals surface area contributed by atoms with E-state index in [1.54, 1.807) is 47.4 Å². The molecule has 0 bridgehead atoms. The normalized spacial score (nSPS) is 15.1. The van der Waals surface area contributed by atoms with Crippen LogP contribution in [-0.4, -0.2) is 69.5 Å². The van der Waals surface area contributed by atoms with Gasteiger partial charge in [0.25, 0.3) is 0 Å². The van der Waals surface area contributed by atoms with Gasteiger partial charge in [0, 0.05) is 26.2 Å². The molecular formula is C21H24N6O4S. The molecule has 1 aromatic heterocycles. The minimum absolute atomic E-state index is 0.187. The first-order chi connectivity index (χ1) is 15.3. The van der Waals surface area contributed by atoms with Crippen molar-refractivity contribution in [1.82, 2.24) is 29.0 Å². The third kappa shape index (κ3) is 4.21. The molecule has 10 nitrogen and oxygen atoms in total. The van der Waals surface area contributed by atoms with Gasteiger partial charge in [0.1, 0.15) is 6.54 Å². The Morgan fingerprint density at radius 2 is 1.62 bits per heavy atom. The lowest BCUT2D eigenvalue weighted by Crippen LogP contribution is -2.51. The van der Waals surface area contributed by atoms with Crippen LogP contribution in [0.1, 0.15) is 11.1 Å². The Labute approximate surface area is 185 Å². The fourth-order valence-electron chi connectivity index (χ4n) is 3.53. The number of carbonyl (C=O) groups is 1. The van der Waals surface area contributed by atoms with Gasteiger partial charge in [-0.1, -0.05) is 24.3 Å². The third-order valence-corrected chi connectivity index (χ3v) is 7.53. The molecule has 3 aromatic rings. The standard InChI is InChI=1S/C21H24N6O4S/c1-16-8-9-19(14-17(16)2)32(30,31)25-12-10-24(11-13-25)20(28)15-26-21(29)27(23-22-26)18-6-4-3-5-7-18/h3-9,14H,10-13,15H2,1-2H3. The fourth-order valence-corrected chi connectivity index (χ4v) is 5.04. The number of sulfonamides is 1. The fraction of sp³-hybridized carbons (Fsp3) is 0.333. The second-order valence-corrected chi connectivity index (χ2v) is 9.64. The van der Waals surface area contributed by atoms with Gasteiger partial charge in [-0.15, -0.1) is 0 Å². The summed E-state index contributed by atoms with van der Waals surface area (Å²) in [5, 5.41) is 7.63. The molecule has 2 heterocycles. The van der Waals surface area contributed by atoms with Crippen LogP contribution < -0.4 is 5.69 Å². The van der Waals surface area contributed by atoms with Crippen LogP contribution in [0.15, 0.2) is 58.2 Å². The van der Waals surface area contributed by atoms with E-state index >= 15 is 0 Å². The van der Waals surface area contributed by atoms with Crippen molar-refractivity contribution in [2.75, 3.05) is 26.2 Å². The number of para-hydroxylation sites is 1. The molecule has 0 radical (unpaired) electrons. The lowest BCUT2D eigenvalue weighted by Gasteiger charge is -2.34. The Balaban J connectivity index is 1.40. The van der Waals surface area contributed by atoms with Gasteiger partial charge in [-0.05, 0) is 59.7 Å². The number of tetrazole rings is 1. The number of hydrogen-bond donors (Lipinski definition) is 0. The highest BCUT2D eigenvalue weighted by molar-refractivity contribution is 7.89. The van der Waals surface area contributed by atoms with E-state index in [4.69, 9.17) is 0 Å². The number of amides is 1. The van der Waals surface area contributed by atoms with E-state index in [0.29, 0.717) is 5.69 Å². The lowest BCUT2D eigenvalue weighted by molar-refractivity contribution is -0.133. The summed E-state index contributed by atoms with van der Waals surface area (Å²) in [6, 6.07) is 13.9. The molecule has 0 aliphatic carbocycles. The Kier molecular flexibility index (Phi) is 5.94. The van der Waals surface area contributed by atoms with Gasteiger partial charge in [0.2, 0.25) is 15.9 Å². The lowest BCUT2D eigenvalue weighted by atomic mass is 10.1. The molecule has 1 saturated heterocycles. The van der Waals surface area contributed by atoms with Crippen LogP contribution in [0.3, 0.4) is 0 Å². The predicted molar refractivity (Wildman–Crippen MR) is 117 cm³/mol. The average Bonchev–Trinajstić information content (AvgIpc) is 3.16. The molecule has 1 amide bonds. The molecular weight excluding hydrogens is 432 g/mol. The molecule has 32 heavy (non-hydrogen) atoms. The van der Waals surface area contributed by atoms with Crippen LogP contribution in [0.5, 0.6) is 0 Å². The number of hydrogen-bond acceptors (Lipinski definition) is 6. The number of aryl methyl sites for hydroxylation is 2. The number of aromatic nitrogens is 4. The molecule has 1 aliphatic rings. The summed E-state index contributed by atoms with van der Waals surface area (Å²) in [5.41, 5.74) is 1.98. The first-order valence-corrected chi connectivity index (χ1v) is 11.6. The van der Waals surface area contributed by atoms with Crippen molar-refractivity contribution in [2.45, 2.75) is 25.3 Å². The summed E-state index contributed by atoms with van der Waals surface area (Å²) < 4.78 is 29.4. The molecule has 0 N–H and O–H groups in total. The first-order valence-electron chi connectivity index (χ1n) is 10.2. The third-order valence-electron chi connectivity index (χ3n) is 5.63. The van der Waals surface area contributed by atoms with E-state index in [-0.39, 0.29) is 43.5 Å². The number of carbonyl (C=O) groups excluding carboxylic acids is 1. The highest BCUT2D eigenvalue weighted by atomic mass is 32.2. The molecule has 4 rings (SSSR count). The summed E-state index contributed by atoms with van der Waals surface area (Å²) in [5.74, 6) is -0.310. The summed E-state index contributed by atoms with van der Waals surface area (Å²) in [4.78, 5) is 27.0. The maximum absolute atomic E-state index is 13.0. The number of benzene rings is 2. The highest BCUT2D eigenvalue weighted by Crippen LogP contribution is 2.20. The van der Waals surface area contributed by atoms with Crippen LogP contribution in [0, 0.1) is 13.8 Å². The van der Waals surface area contributed by atoms with Crippen molar-refractivity contribution in [1.29, 1.82) is 0 Å². The average molecular weight is 457 g/mol. The Morgan fingerprint density at radius 3 is 2.28 bits per heavy atom. The predicted octanol–water partition coefficient (Wildman–Crippen LogP) is 0.579. The minimum Gasteiger partial charge on any atom is -0.338 e. The maximum atomic E-state index is 13.0. The van der Waals surface area contributed by atoms with Gasteiger partial charge in [-0.25, -0.2) is 13.2 Å². The van der Waals surface area contributed by atoms with Gasteiger partial charge in [-0.2, -0.15) is 13.7 Å². The second-order valence-electron chi connectivity index (χ2n) is 7.70. The van der Waals surface area contributed by atoms with Crippen LogP contribution in [-0.2, 0) is 21.4 Å². The number of nitrogens with zero attached hydrogens (tertiary/aromatic N) is 6. The molecule has 0 atom stereocenters. The first kappa shape index (κ1) is 21.9. The maximum Gasteiger partial charge on any atom is 0.368 e. The molecule has 0 unspecified atom stereocenters. The summed E-state index contributed by atoms with van der Waals surface area (Å²) in [6.07, 6.45) is 0. The van der Waals surface area contributed by atoms with Crippen molar-refractivity contribution in [3.8, 4) is 5.69 Å². The largest absolute Gasteiger partial charge is 0.368 e. The van der Waals surface area contributed by atoms with Crippen molar-refractivity contribution < 1.29 is 13.2 Å². The molecule has 168 valence electrons. The Hall–Kier alpha value is -3.31. The van der Waals surface area contributed by atoms with E-state index in [2.05, 4.69) is 10.4 Å². The number of rotatable bonds is 5. The van der Waals surface area contributed by atoms with E-state index in [1.807, 2.05) is 19.9 Å². The molecule has 0 saturated carbocycles.